The molecule has 2 fully saturated rings. The highest BCUT2D eigenvalue weighted by atomic mass is 16.5. The molecule has 0 bridgehead atoms. The molecule has 1 N–H and O–H groups in total. The Bertz CT molecular complexity index is 1240. The summed E-state index contributed by atoms with van der Waals surface area (Å²) < 4.78 is 11.9. The van der Waals surface area contributed by atoms with Crippen molar-refractivity contribution >= 4 is 22.4 Å². The number of fused-ring (bicyclic) bond motifs is 2. The number of pyridine rings is 3. The molecule has 8 heteroatoms. The van der Waals surface area contributed by atoms with Crippen LogP contribution in [0.1, 0.15) is 61.8 Å². The van der Waals surface area contributed by atoms with Gasteiger partial charge in [-0.25, -0.2) is 4.98 Å². The van der Waals surface area contributed by atoms with E-state index >= 15 is 0 Å². The number of hydrogen-bond donors (Lipinski definition) is 1. The normalized spacial score (nSPS) is 18.7. The van der Waals surface area contributed by atoms with Gasteiger partial charge < -0.3 is 24.6 Å². The molecule has 0 aromatic carbocycles. The van der Waals surface area contributed by atoms with Crippen molar-refractivity contribution < 1.29 is 9.47 Å². The Balaban J connectivity index is 1.23. The van der Waals surface area contributed by atoms with Crippen LogP contribution >= 0.6 is 0 Å². The minimum absolute atomic E-state index is 0.400. The quantitative estimate of drug-likeness (QED) is 0.306. The van der Waals surface area contributed by atoms with E-state index in [1.54, 1.807) is 7.11 Å². The Hall–Kier alpha value is -2.97. The van der Waals surface area contributed by atoms with E-state index in [9.17, 15) is 0 Å². The summed E-state index contributed by atoms with van der Waals surface area (Å²) in [4.78, 5) is 19.5. The molecular formula is C31H42N6O2. The SMILES string of the molecule is COc1nc2c(NC3CCN(c4cccnc4)CC3)c3c(nc2cc1COCCN1CCCC1)CCCCC3. The molecule has 39 heavy (non-hydrogen) atoms. The third-order valence-corrected chi connectivity index (χ3v) is 8.58. The van der Waals surface area contributed by atoms with Gasteiger partial charge >= 0.3 is 0 Å². The Kier molecular flexibility index (Phi) is 8.40. The minimum atomic E-state index is 0.400. The lowest BCUT2D eigenvalue weighted by Crippen LogP contribution is -2.39. The van der Waals surface area contributed by atoms with E-state index in [4.69, 9.17) is 19.4 Å². The van der Waals surface area contributed by atoms with Gasteiger partial charge in [-0.3, -0.25) is 9.97 Å². The molecule has 2 aliphatic heterocycles. The zero-order chi connectivity index (χ0) is 26.4. The second kappa shape index (κ2) is 12.5. The zero-order valence-electron chi connectivity index (χ0n) is 23.3. The van der Waals surface area contributed by atoms with Crippen LogP contribution in [0, 0.1) is 0 Å². The number of likely N-dealkylation sites (tertiary alicyclic amines) is 1. The summed E-state index contributed by atoms with van der Waals surface area (Å²) in [6, 6.07) is 6.72. The fraction of sp³-hybridized carbons (Fsp3) is 0.581. The first-order valence-electron chi connectivity index (χ1n) is 14.9. The molecule has 5 heterocycles. The highest BCUT2D eigenvalue weighted by molar-refractivity contribution is 5.91. The van der Waals surface area contributed by atoms with Crippen LogP contribution in [0.2, 0.25) is 0 Å². The maximum atomic E-state index is 6.09. The summed E-state index contributed by atoms with van der Waals surface area (Å²) in [7, 11) is 1.71. The number of nitrogens with zero attached hydrogens (tertiary/aromatic N) is 5. The number of methoxy groups -OCH3 is 1. The molecule has 0 radical (unpaired) electrons. The second-order valence-electron chi connectivity index (χ2n) is 11.2. The van der Waals surface area contributed by atoms with Crippen molar-refractivity contribution in [3.05, 3.63) is 47.4 Å². The van der Waals surface area contributed by atoms with Gasteiger partial charge in [-0.15, -0.1) is 0 Å². The van der Waals surface area contributed by atoms with Crippen molar-refractivity contribution in [3.8, 4) is 5.88 Å². The average Bonchev–Trinajstić information content (AvgIpc) is 3.39. The first kappa shape index (κ1) is 26.3. The largest absolute Gasteiger partial charge is 0.481 e. The molecule has 0 spiro atoms. The number of aromatic nitrogens is 3. The molecule has 3 aromatic rings. The van der Waals surface area contributed by atoms with E-state index in [1.807, 2.05) is 18.5 Å². The number of aryl methyl sites for hydroxylation is 1. The van der Waals surface area contributed by atoms with Crippen molar-refractivity contribution in [2.45, 2.75) is 70.4 Å². The van der Waals surface area contributed by atoms with Crippen molar-refractivity contribution in [2.75, 3.05) is 56.7 Å². The van der Waals surface area contributed by atoms with Crippen molar-refractivity contribution in [3.63, 3.8) is 0 Å². The van der Waals surface area contributed by atoms with Crippen LogP contribution < -0.4 is 15.0 Å². The van der Waals surface area contributed by atoms with Crippen LogP contribution in [-0.2, 0) is 24.2 Å². The van der Waals surface area contributed by atoms with Crippen molar-refractivity contribution in [1.82, 2.24) is 19.9 Å². The van der Waals surface area contributed by atoms with Gasteiger partial charge in [0, 0.05) is 43.1 Å². The van der Waals surface area contributed by atoms with Gasteiger partial charge in [0.05, 0.1) is 43.4 Å². The maximum absolute atomic E-state index is 6.09. The van der Waals surface area contributed by atoms with E-state index in [1.165, 1.54) is 67.8 Å². The summed E-state index contributed by atoms with van der Waals surface area (Å²) in [5.41, 5.74) is 7.84. The molecule has 1 aliphatic carbocycles. The number of ether oxygens (including phenoxy) is 2. The molecule has 8 nitrogen and oxygen atoms in total. The summed E-state index contributed by atoms with van der Waals surface area (Å²) in [5, 5.41) is 3.97. The summed E-state index contributed by atoms with van der Waals surface area (Å²) in [6.07, 6.45) is 14.3. The Morgan fingerprint density at radius 1 is 1.00 bits per heavy atom. The predicted molar refractivity (Wildman–Crippen MR) is 156 cm³/mol. The van der Waals surface area contributed by atoms with Gasteiger partial charge in [-0.1, -0.05) is 6.42 Å². The number of nitrogens with one attached hydrogen (secondary N) is 1. The van der Waals surface area contributed by atoms with Gasteiger partial charge in [0.1, 0.15) is 5.52 Å². The smallest absolute Gasteiger partial charge is 0.219 e. The predicted octanol–water partition coefficient (Wildman–Crippen LogP) is 5.00. The Morgan fingerprint density at radius 2 is 1.85 bits per heavy atom. The lowest BCUT2D eigenvalue weighted by molar-refractivity contribution is 0.0975. The molecule has 0 saturated carbocycles. The second-order valence-corrected chi connectivity index (χ2v) is 11.2. The first-order valence-corrected chi connectivity index (χ1v) is 14.9. The van der Waals surface area contributed by atoms with Gasteiger partial charge in [-0.2, -0.15) is 0 Å². The summed E-state index contributed by atoms with van der Waals surface area (Å²) in [6.45, 7) is 6.63. The van der Waals surface area contributed by atoms with E-state index in [0.29, 0.717) is 18.5 Å². The molecule has 3 aliphatic rings. The van der Waals surface area contributed by atoms with Crippen LogP contribution in [0.5, 0.6) is 5.88 Å². The first-order chi connectivity index (χ1) is 19.3. The van der Waals surface area contributed by atoms with Crippen molar-refractivity contribution in [1.29, 1.82) is 0 Å². The fourth-order valence-corrected chi connectivity index (χ4v) is 6.39. The lowest BCUT2D eigenvalue weighted by atomic mass is 10.00. The van der Waals surface area contributed by atoms with Crippen molar-refractivity contribution in [2.24, 2.45) is 0 Å². The molecule has 0 unspecified atom stereocenters. The molecular weight excluding hydrogens is 488 g/mol. The number of anilines is 2. The van der Waals surface area contributed by atoms with E-state index in [0.717, 1.165) is 68.5 Å². The van der Waals surface area contributed by atoms with Crippen LogP contribution in [0.15, 0.2) is 30.6 Å². The van der Waals surface area contributed by atoms with Gasteiger partial charge in [0.15, 0.2) is 0 Å². The van der Waals surface area contributed by atoms with Crippen LogP contribution in [0.3, 0.4) is 0 Å². The van der Waals surface area contributed by atoms with E-state index in [2.05, 4.69) is 32.2 Å². The molecule has 0 atom stereocenters. The maximum Gasteiger partial charge on any atom is 0.219 e. The van der Waals surface area contributed by atoms with Gasteiger partial charge in [0.25, 0.3) is 0 Å². The summed E-state index contributed by atoms with van der Waals surface area (Å²) >= 11 is 0. The Labute approximate surface area is 232 Å². The zero-order valence-corrected chi connectivity index (χ0v) is 23.3. The lowest BCUT2D eigenvalue weighted by Gasteiger charge is -2.34. The number of rotatable bonds is 9. The molecule has 2 saturated heterocycles. The standard InChI is InChI=1S/C31H42N6O2/c1-38-31-23(22-39-19-18-36-14-5-6-15-36)20-28-30(35-31)29(26-9-3-2-4-10-27(26)34-28)33-24-11-16-37(17-12-24)25-8-7-13-32-21-25/h7-8,13,20-21,24H,2-6,9-12,14-19,22H2,1H3,(H,33,34). The van der Waals surface area contributed by atoms with Crippen LogP contribution in [0.25, 0.3) is 11.0 Å². The average molecular weight is 531 g/mol. The number of hydrogen-bond acceptors (Lipinski definition) is 8. The molecule has 208 valence electrons. The van der Waals surface area contributed by atoms with Crippen LogP contribution in [0.4, 0.5) is 11.4 Å². The molecule has 6 rings (SSSR count). The van der Waals surface area contributed by atoms with Gasteiger partial charge in [-0.05, 0) is 88.2 Å². The third-order valence-electron chi connectivity index (χ3n) is 8.58. The summed E-state index contributed by atoms with van der Waals surface area (Å²) in [5.74, 6) is 0.647. The highest BCUT2D eigenvalue weighted by Crippen LogP contribution is 2.35. The molecule has 0 amide bonds. The third kappa shape index (κ3) is 6.12. The monoisotopic (exact) mass is 530 g/mol. The minimum Gasteiger partial charge on any atom is -0.481 e. The highest BCUT2D eigenvalue weighted by Gasteiger charge is 2.25. The number of piperidine rings is 1. The Morgan fingerprint density at radius 3 is 2.64 bits per heavy atom. The topological polar surface area (TPSA) is 75.6 Å². The molecule has 3 aromatic heterocycles. The fourth-order valence-electron chi connectivity index (χ4n) is 6.39. The van der Waals surface area contributed by atoms with Gasteiger partial charge in [0.2, 0.25) is 5.88 Å². The van der Waals surface area contributed by atoms with E-state index in [-0.39, 0.29) is 0 Å². The van der Waals surface area contributed by atoms with Crippen LogP contribution in [-0.4, -0.2) is 72.3 Å². The van der Waals surface area contributed by atoms with E-state index < -0.39 is 0 Å².